The minimum absolute atomic E-state index is 0.0624. The van der Waals surface area contributed by atoms with Crippen LogP contribution in [0.1, 0.15) is 25.0 Å². The lowest BCUT2D eigenvalue weighted by Crippen LogP contribution is -2.44. The third-order valence-corrected chi connectivity index (χ3v) is 7.04. The summed E-state index contributed by atoms with van der Waals surface area (Å²) < 4.78 is 27.3. The number of rotatable bonds is 5. The van der Waals surface area contributed by atoms with Gasteiger partial charge in [0, 0.05) is 30.6 Å². The van der Waals surface area contributed by atoms with Crippen LogP contribution in [0, 0.1) is 0 Å². The Morgan fingerprint density at radius 2 is 2.14 bits per heavy atom. The topological polar surface area (TPSA) is 49.4 Å². The molecule has 0 bridgehead atoms. The third kappa shape index (κ3) is 3.62. The number of aryl methyl sites for hydroxylation is 1. The van der Waals surface area contributed by atoms with Crippen LogP contribution in [0.3, 0.4) is 0 Å². The quantitative estimate of drug-likeness (QED) is 0.899. The Kier molecular flexibility index (Phi) is 5.71. The van der Waals surface area contributed by atoms with E-state index in [2.05, 4.69) is 12.2 Å². The van der Waals surface area contributed by atoms with Gasteiger partial charge in [-0.15, -0.1) is 0 Å². The van der Waals surface area contributed by atoms with E-state index < -0.39 is 10.0 Å². The average molecular weight is 329 g/mol. The summed E-state index contributed by atoms with van der Waals surface area (Å²) in [6, 6.07) is 5.59. The van der Waals surface area contributed by atoms with Gasteiger partial charge in [-0.3, -0.25) is 0 Å². The van der Waals surface area contributed by atoms with E-state index in [1.54, 1.807) is 10.4 Å². The second kappa shape index (κ2) is 7.13. The van der Waals surface area contributed by atoms with Gasteiger partial charge >= 0.3 is 0 Å². The lowest BCUT2D eigenvalue weighted by atomic mass is 10.1. The lowest BCUT2D eigenvalue weighted by Gasteiger charge is -2.32. The summed E-state index contributed by atoms with van der Waals surface area (Å²) in [6.07, 6.45) is 0.911. The van der Waals surface area contributed by atoms with Crippen LogP contribution in [0.15, 0.2) is 23.1 Å². The van der Waals surface area contributed by atoms with E-state index >= 15 is 0 Å². The first-order chi connectivity index (χ1) is 10.0. The van der Waals surface area contributed by atoms with Gasteiger partial charge in [-0.1, -0.05) is 13.0 Å². The zero-order valence-electron chi connectivity index (χ0n) is 12.9. The van der Waals surface area contributed by atoms with Crippen LogP contribution in [0.5, 0.6) is 0 Å². The highest BCUT2D eigenvalue weighted by molar-refractivity contribution is 7.99. The van der Waals surface area contributed by atoms with E-state index in [4.69, 9.17) is 0 Å². The molecule has 4 nitrogen and oxygen atoms in total. The molecule has 1 aliphatic rings. The number of benzene rings is 1. The fourth-order valence-corrected chi connectivity index (χ4v) is 5.57. The van der Waals surface area contributed by atoms with Crippen LogP contribution in [0.4, 0.5) is 0 Å². The third-order valence-electron chi connectivity index (χ3n) is 3.84. The van der Waals surface area contributed by atoms with Crippen LogP contribution in [0.2, 0.25) is 0 Å². The molecule has 21 heavy (non-hydrogen) atoms. The Morgan fingerprint density at radius 3 is 2.76 bits per heavy atom. The van der Waals surface area contributed by atoms with Crippen LogP contribution < -0.4 is 5.32 Å². The Bertz CT molecular complexity index is 587. The van der Waals surface area contributed by atoms with E-state index in [9.17, 15) is 8.42 Å². The predicted octanol–water partition coefficient (Wildman–Crippen LogP) is 2.09. The molecule has 1 aromatic rings. The second-order valence-electron chi connectivity index (χ2n) is 5.35. The predicted molar refractivity (Wildman–Crippen MR) is 89.3 cm³/mol. The van der Waals surface area contributed by atoms with Crippen molar-refractivity contribution in [1.82, 2.24) is 9.62 Å². The van der Waals surface area contributed by atoms with Crippen molar-refractivity contribution in [1.29, 1.82) is 0 Å². The minimum Gasteiger partial charge on any atom is -0.316 e. The molecule has 1 aromatic carbocycles. The molecule has 6 heteroatoms. The second-order valence-corrected chi connectivity index (χ2v) is 8.39. The van der Waals surface area contributed by atoms with Crippen molar-refractivity contribution in [3.8, 4) is 0 Å². The van der Waals surface area contributed by atoms with Gasteiger partial charge < -0.3 is 5.32 Å². The van der Waals surface area contributed by atoms with Gasteiger partial charge in [0.1, 0.15) is 0 Å². The highest BCUT2D eigenvalue weighted by Crippen LogP contribution is 2.26. The van der Waals surface area contributed by atoms with E-state index in [0.29, 0.717) is 18.0 Å². The van der Waals surface area contributed by atoms with Crippen molar-refractivity contribution in [3.05, 3.63) is 29.3 Å². The molecule has 1 saturated heterocycles. The first-order valence-electron chi connectivity index (χ1n) is 7.36. The smallest absolute Gasteiger partial charge is 0.243 e. The standard InChI is InChI=1S/C15H24N2O2S2/c1-4-13-5-6-15(9-14(13)10-16-3)21(18,19)17-7-8-20-11-12(17)2/h5-6,9,12,16H,4,7-8,10-11H2,1-3H3. The summed E-state index contributed by atoms with van der Waals surface area (Å²) in [5.41, 5.74) is 2.27. The molecule has 1 fully saturated rings. The maximum absolute atomic E-state index is 12.9. The van der Waals surface area contributed by atoms with E-state index in [1.807, 2.05) is 37.9 Å². The van der Waals surface area contributed by atoms with Gasteiger partial charge in [0.15, 0.2) is 0 Å². The van der Waals surface area contributed by atoms with Crippen molar-refractivity contribution in [2.45, 2.75) is 37.8 Å². The summed E-state index contributed by atoms with van der Waals surface area (Å²) in [7, 11) is -1.51. The van der Waals surface area contributed by atoms with E-state index in [0.717, 1.165) is 23.5 Å². The van der Waals surface area contributed by atoms with Crippen molar-refractivity contribution >= 4 is 21.8 Å². The molecular weight excluding hydrogens is 304 g/mol. The van der Waals surface area contributed by atoms with Gasteiger partial charge in [-0.25, -0.2) is 8.42 Å². The Labute approximate surface area is 132 Å². The highest BCUT2D eigenvalue weighted by Gasteiger charge is 2.31. The molecule has 118 valence electrons. The number of hydrogen-bond acceptors (Lipinski definition) is 4. The maximum Gasteiger partial charge on any atom is 0.243 e. The van der Waals surface area contributed by atoms with Crippen LogP contribution >= 0.6 is 11.8 Å². The van der Waals surface area contributed by atoms with Crippen LogP contribution in [0.25, 0.3) is 0 Å². The molecule has 0 aromatic heterocycles. The lowest BCUT2D eigenvalue weighted by molar-refractivity contribution is 0.367. The van der Waals surface area contributed by atoms with Gasteiger partial charge in [-0.2, -0.15) is 16.1 Å². The molecule has 1 N–H and O–H groups in total. The molecule has 1 aliphatic heterocycles. The van der Waals surface area contributed by atoms with E-state index in [-0.39, 0.29) is 6.04 Å². The number of nitrogens with zero attached hydrogens (tertiary/aromatic N) is 1. The molecule has 0 spiro atoms. The van der Waals surface area contributed by atoms with Crippen molar-refractivity contribution < 1.29 is 8.42 Å². The largest absolute Gasteiger partial charge is 0.316 e. The van der Waals surface area contributed by atoms with Crippen molar-refractivity contribution in [3.63, 3.8) is 0 Å². The summed E-state index contributed by atoms with van der Waals surface area (Å²) in [5.74, 6) is 1.75. The average Bonchev–Trinajstić information content (AvgIpc) is 2.47. The first-order valence-corrected chi connectivity index (χ1v) is 9.96. The molecule has 2 rings (SSSR count). The number of nitrogens with one attached hydrogen (secondary N) is 1. The van der Waals surface area contributed by atoms with Gasteiger partial charge in [0.05, 0.1) is 4.90 Å². The number of sulfonamides is 1. The molecule has 0 amide bonds. The van der Waals surface area contributed by atoms with Crippen LogP contribution in [-0.4, -0.2) is 43.9 Å². The SMILES string of the molecule is CCc1ccc(S(=O)(=O)N2CCSCC2C)cc1CNC. The van der Waals surface area contributed by atoms with Crippen molar-refractivity contribution in [2.24, 2.45) is 0 Å². The zero-order chi connectivity index (χ0) is 15.5. The molecule has 0 saturated carbocycles. The Morgan fingerprint density at radius 1 is 1.38 bits per heavy atom. The fourth-order valence-electron chi connectivity index (χ4n) is 2.67. The Balaban J connectivity index is 2.37. The first kappa shape index (κ1) is 16.8. The summed E-state index contributed by atoms with van der Waals surface area (Å²) >= 11 is 1.82. The summed E-state index contributed by atoms with van der Waals surface area (Å²) in [6.45, 7) is 5.37. The van der Waals surface area contributed by atoms with E-state index in [1.165, 1.54) is 5.56 Å². The van der Waals surface area contributed by atoms with Gasteiger partial charge in [0.2, 0.25) is 10.0 Å². The van der Waals surface area contributed by atoms with Gasteiger partial charge in [0.25, 0.3) is 0 Å². The maximum atomic E-state index is 12.9. The summed E-state index contributed by atoms with van der Waals surface area (Å²) in [5, 5.41) is 3.11. The number of hydrogen-bond donors (Lipinski definition) is 1. The molecule has 0 radical (unpaired) electrons. The normalized spacial score (nSPS) is 20.6. The Hall–Kier alpha value is -0.560. The highest BCUT2D eigenvalue weighted by atomic mass is 32.2. The summed E-state index contributed by atoms with van der Waals surface area (Å²) in [4.78, 5) is 0.420. The fraction of sp³-hybridized carbons (Fsp3) is 0.600. The molecule has 0 aliphatic carbocycles. The minimum atomic E-state index is -3.38. The van der Waals surface area contributed by atoms with Crippen LogP contribution in [-0.2, 0) is 23.0 Å². The molecule has 1 unspecified atom stereocenters. The molecule has 1 atom stereocenters. The number of thioether (sulfide) groups is 1. The van der Waals surface area contributed by atoms with Crippen molar-refractivity contribution in [2.75, 3.05) is 25.1 Å². The molecular formula is C15H24N2O2S2. The van der Waals surface area contributed by atoms with Gasteiger partial charge in [-0.05, 0) is 43.7 Å². The molecule has 1 heterocycles. The zero-order valence-corrected chi connectivity index (χ0v) is 14.6. The monoisotopic (exact) mass is 328 g/mol.